The summed E-state index contributed by atoms with van der Waals surface area (Å²) in [6, 6.07) is 13.6. The molecule has 0 bridgehead atoms. The van der Waals surface area contributed by atoms with E-state index in [2.05, 4.69) is 15.4 Å². The average Bonchev–Trinajstić information content (AvgIpc) is 3.16. The topological polar surface area (TPSA) is 59.8 Å². The van der Waals surface area contributed by atoms with Gasteiger partial charge < -0.3 is 5.32 Å². The Labute approximate surface area is 145 Å². The van der Waals surface area contributed by atoms with Gasteiger partial charge in [-0.25, -0.2) is 4.68 Å². The highest BCUT2D eigenvalue weighted by atomic mass is 32.2. The Balaban J connectivity index is 1.59. The molecule has 1 amide bonds. The highest BCUT2D eigenvalue weighted by Gasteiger charge is 2.11. The minimum absolute atomic E-state index is 0.00815. The molecule has 0 saturated carbocycles. The van der Waals surface area contributed by atoms with Gasteiger partial charge in [-0.15, -0.1) is 11.8 Å². The molecule has 6 heteroatoms. The molecule has 2 heterocycles. The zero-order valence-corrected chi connectivity index (χ0v) is 14.1. The van der Waals surface area contributed by atoms with E-state index >= 15 is 0 Å². The van der Waals surface area contributed by atoms with Crippen molar-refractivity contribution in [1.29, 1.82) is 0 Å². The number of hydrogen-bond acceptors (Lipinski definition) is 4. The molecule has 0 fully saturated rings. The minimum atomic E-state index is -0.0638. The minimum Gasteiger partial charge on any atom is -0.349 e. The number of amides is 1. The van der Waals surface area contributed by atoms with Gasteiger partial charge in [0.25, 0.3) is 0 Å². The lowest BCUT2D eigenvalue weighted by Gasteiger charge is -2.15. The maximum atomic E-state index is 12.1. The molecular weight excluding hydrogens is 320 g/mol. The Bertz CT molecular complexity index is 790. The lowest BCUT2D eigenvalue weighted by Crippen LogP contribution is -2.28. The molecule has 1 aromatic carbocycles. The monoisotopic (exact) mass is 338 g/mol. The number of carbonyl (C=O) groups excluding carboxylic acids is 1. The van der Waals surface area contributed by atoms with Crippen LogP contribution in [0.15, 0.2) is 72.1 Å². The summed E-state index contributed by atoms with van der Waals surface area (Å²) >= 11 is 1.50. The second-order valence-electron chi connectivity index (χ2n) is 5.31. The van der Waals surface area contributed by atoms with Crippen LogP contribution in [0.5, 0.6) is 0 Å². The van der Waals surface area contributed by atoms with Crippen molar-refractivity contribution < 1.29 is 4.79 Å². The number of thioether (sulfide) groups is 1. The van der Waals surface area contributed by atoms with Crippen LogP contribution in [0.2, 0.25) is 0 Å². The highest BCUT2D eigenvalue weighted by Crippen LogP contribution is 2.18. The van der Waals surface area contributed by atoms with E-state index in [0.29, 0.717) is 5.75 Å². The third-order valence-electron chi connectivity index (χ3n) is 3.54. The van der Waals surface area contributed by atoms with Crippen LogP contribution in [0.1, 0.15) is 18.5 Å². The standard InChI is InChI=1S/C18H18N4OS/c1-14(21-18(23)13-24-17-6-9-19-10-7-17)15-4-2-5-16(12-15)22-11-3-8-20-22/h2-12,14H,13H2,1H3,(H,21,23). The van der Waals surface area contributed by atoms with Gasteiger partial charge in [0.15, 0.2) is 0 Å². The first-order valence-electron chi connectivity index (χ1n) is 7.64. The zero-order chi connectivity index (χ0) is 16.8. The number of carbonyl (C=O) groups is 1. The summed E-state index contributed by atoms with van der Waals surface area (Å²) in [5.74, 6) is 0.390. The summed E-state index contributed by atoms with van der Waals surface area (Å²) in [6.07, 6.45) is 7.09. The highest BCUT2D eigenvalue weighted by molar-refractivity contribution is 8.00. The molecule has 2 aromatic heterocycles. The molecule has 1 N–H and O–H groups in total. The van der Waals surface area contributed by atoms with E-state index in [-0.39, 0.29) is 11.9 Å². The van der Waals surface area contributed by atoms with E-state index in [1.165, 1.54) is 11.8 Å². The maximum Gasteiger partial charge on any atom is 0.230 e. The second kappa shape index (κ2) is 7.79. The second-order valence-corrected chi connectivity index (χ2v) is 6.36. The van der Waals surface area contributed by atoms with Crippen molar-refractivity contribution in [2.24, 2.45) is 0 Å². The van der Waals surface area contributed by atoms with Crippen molar-refractivity contribution >= 4 is 17.7 Å². The van der Waals surface area contributed by atoms with Gasteiger partial charge in [-0.1, -0.05) is 12.1 Å². The number of rotatable bonds is 6. The van der Waals surface area contributed by atoms with Gasteiger partial charge in [-0.2, -0.15) is 5.10 Å². The van der Waals surface area contributed by atoms with E-state index in [1.54, 1.807) is 23.3 Å². The number of aromatic nitrogens is 3. The molecule has 0 aliphatic rings. The number of benzene rings is 1. The van der Waals surface area contributed by atoms with E-state index in [9.17, 15) is 4.79 Å². The van der Waals surface area contributed by atoms with Crippen LogP contribution in [0, 0.1) is 0 Å². The summed E-state index contributed by atoms with van der Waals surface area (Å²) < 4.78 is 1.80. The molecule has 3 rings (SSSR count). The molecule has 0 aliphatic carbocycles. The molecule has 122 valence electrons. The van der Waals surface area contributed by atoms with Crippen molar-refractivity contribution in [3.8, 4) is 5.69 Å². The van der Waals surface area contributed by atoms with Gasteiger partial charge in [-0.3, -0.25) is 9.78 Å². The van der Waals surface area contributed by atoms with Gasteiger partial charge in [-0.05, 0) is 42.8 Å². The predicted molar refractivity (Wildman–Crippen MR) is 95.1 cm³/mol. The number of nitrogens with one attached hydrogen (secondary N) is 1. The molecule has 0 radical (unpaired) electrons. The van der Waals surface area contributed by atoms with Gasteiger partial charge in [0.2, 0.25) is 5.91 Å². The fourth-order valence-corrected chi connectivity index (χ4v) is 3.00. The molecule has 3 aromatic rings. The predicted octanol–water partition coefficient (Wildman–Crippen LogP) is 3.24. The Morgan fingerprint density at radius 2 is 2.04 bits per heavy atom. The van der Waals surface area contributed by atoms with Crippen molar-refractivity contribution in [1.82, 2.24) is 20.1 Å². The molecule has 5 nitrogen and oxygen atoms in total. The Morgan fingerprint density at radius 1 is 1.21 bits per heavy atom. The van der Waals surface area contributed by atoms with Crippen LogP contribution < -0.4 is 5.32 Å². The van der Waals surface area contributed by atoms with Crippen LogP contribution in [-0.2, 0) is 4.79 Å². The van der Waals surface area contributed by atoms with Crippen LogP contribution >= 0.6 is 11.8 Å². The molecule has 1 atom stereocenters. The van der Waals surface area contributed by atoms with Crippen LogP contribution in [0.25, 0.3) is 5.69 Å². The largest absolute Gasteiger partial charge is 0.349 e. The fraction of sp³-hybridized carbons (Fsp3) is 0.167. The summed E-state index contributed by atoms with van der Waals surface area (Å²) in [5, 5.41) is 7.27. The van der Waals surface area contributed by atoms with Crippen LogP contribution in [-0.4, -0.2) is 26.4 Å². The van der Waals surface area contributed by atoms with Crippen molar-refractivity contribution in [2.45, 2.75) is 17.9 Å². The first kappa shape index (κ1) is 16.3. The Hall–Kier alpha value is -2.60. The number of hydrogen-bond donors (Lipinski definition) is 1. The molecule has 1 unspecified atom stereocenters. The van der Waals surface area contributed by atoms with Gasteiger partial charge >= 0.3 is 0 Å². The van der Waals surface area contributed by atoms with Gasteiger partial charge in [0.05, 0.1) is 17.5 Å². The Morgan fingerprint density at radius 3 is 2.79 bits per heavy atom. The molecule has 24 heavy (non-hydrogen) atoms. The lowest BCUT2D eigenvalue weighted by atomic mass is 10.1. The van der Waals surface area contributed by atoms with Crippen molar-refractivity contribution in [2.75, 3.05) is 5.75 Å². The third kappa shape index (κ3) is 4.23. The Kier molecular flexibility index (Phi) is 5.28. The van der Waals surface area contributed by atoms with Crippen LogP contribution in [0.4, 0.5) is 0 Å². The van der Waals surface area contributed by atoms with E-state index in [0.717, 1.165) is 16.1 Å². The summed E-state index contributed by atoms with van der Waals surface area (Å²) in [5.41, 5.74) is 2.02. The van der Waals surface area contributed by atoms with Crippen LogP contribution in [0.3, 0.4) is 0 Å². The van der Waals surface area contributed by atoms with E-state index in [4.69, 9.17) is 0 Å². The van der Waals surface area contributed by atoms with Gasteiger partial charge in [0.1, 0.15) is 0 Å². The van der Waals surface area contributed by atoms with Crippen molar-refractivity contribution in [3.05, 3.63) is 72.8 Å². The molecular formula is C18H18N4OS. The van der Waals surface area contributed by atoms with E-state index in [1.807, 2.05) is 55.6 Å². The lowest BCUT2D eigenvalue weighted by molar-refractivity contribution is -0.119. The first-order chi connectivity index (χ1) is 11.7. The van der Waals surface area contributed by atoms with Gasteiger partial charge in [0, 0.05) is 29.7 Å². The summed E-state index contributed by atoms with van der Waals surface area (Å²) in [7, 11) is 0. The molecule has 0 spiro atoms. The average molecular weight is 338 g/mol. The first-order valence-corrected chi connectivity index (χ1v) is 8.63. The smallest absolute Gasteiger partial charge is 0.230 e. The molecule has 0 aliphatic heterocycles. The number of pyridine rings is 1. The van der Waals surface area contributed by atoms with Crippen molar-refractivity contribution in [3.63, 3.8) is 0 Å². The fourth-order valence-electron chi connectivity index (χ4n) is 2.31. The summed E-state index contributed by atoms with van der Waals surface area (Å²) in [4.78, 5) is 17.2. The quantitative estimate of drug-likeness (QED) is 0.701. The SMILES string of the molecule is CC(NC(=O)CSc1ccncc1)c1cccc(-n2cccn2)c1. The normalized spacial score (nSPS) is 11.9. The zero-order valence-electron chi connectivity index (χ0n) is 13.3. The maximum absolute atomic E-state index is 12.1. The molecule has 0 saturated heterocycles. The summed E-state index contributed by atoms with van der Waals surface area (Å²) in [6.45, 7) is 1.98. The number of nitrogens with zero attached hydrogens (tertiary/aromatic N) is 3. The van der Waals surface area contributed by atoms with E-state index < -0.39 is 0 Å². The third-order valence-corrected chi connectivity index (χ3v) is 4.55.